The van der Waals surface area contributed by atoms with Crippen LogP contribution in [0.15, 0.2) is 18.2 Å². The third kappa shape index (κ3) is 3.33. The molecule has 3 rings (SSSR count). The van der Waals surface area contributed by atoms with E-state index in [4.69, 9.17) is 0 Å². The molecular weight excluding hydrogens is 336 g/mol. The van der Waals surface area contributed by atoms with Crippen molar-refractivity contribution < 1.29 is 0 Å². The van der Waals surface area contributed by atoms with Gasteiger partial charge in [-0.05, 0) is 34.7 Å². The second kappa shape index (κ2) is 7.86. The molecule has 0 spiro atoms. The molecule has 3 aromatic rings. The molecule has 132 valence electrons. The van der Waals surface area contributed by atoms with Gasteiger partial charge in [0.25, 0.3) is 0 Å². The summed E-state index contributed by atoms with van der Waals surface area (Å²) in [5.41, 5.74) is 21.1. The standard InChI is InChI=1S/C19H26B10/c1-5-6(8-10(20)14(24)18(28)15(25)11(8)21)3-2-4-7(5)9-12(22)16(26)19(29)17(27)13(9)23/h2-4H,20-29H2,1H3. The van der Waals surface area contributed by atoms with Crippen molar-refractivity contribution in [3.8, 4) is 22.3 Å². The average molecular weight is 363 g/mol. The first-order valence-electron chi connectivity index (χ1n) is 10.7. The maximum Gasteiger partial charge on any atom is 0.139 e. The highest BCUT2D eigenvalue weighted by molar-refractivity contribution is 6.70. The van der Waals surface area contributed by atoms with Gasteiger partial charge in [-0.15, -0.1) is 32.8 Å². The largest absolute Gasteiger partial charge is 0.139 e. The molecule has 0 atom stereocenters. The Morgan fingerprint density at radius 3 is 0.931 bits per heavy atom. The lowest BCUT2D eigenvalue weighted by atomic mass is 9.58. The molecule has 0 aliphatic heterocycles. The molecule has 0 nitrogen and oxygen atoms in total. The maximum atomic E-state index is 2.31. The van der Waals surface area contributed by atoms with Crippen LogP contribution in [0.4, 0.5) is 0 Å². The number of hydrogen-bond donors (Lipinski definition) is 0. The molecule has 0 amide bonds. The Kier molecular flexibility index (Phi) is 5.96. The van der Waals surface area contributed by atoms with E-state index in [1.54, 1.807) is 0 Å². The van der Waals surface area contributed by atoms with Gasteiger partial charge < -0.3 is 0 Å². The van der Waals surface area contributed by atoms with Crippen molar-refractivity contribution in [2.75, 3.05) is 0 Å². The fourth-order valence-electron chi connectivity index (χ4n) is 4.99. The van der Waals surface area contributed by atoms with E-state index in [9.17, 15) is 0 Å². The smallest absolute Gasteiger partial charge is 0.102 e. The second-order valence-corrected chi connectivity index (χ2v) is 8.98. The van der Waals surface area contributed by atoms with Crippen LogP contribution in [-0.2, 0) is 0 Å². The van der Waals surface area contributed by atoms with Crippen molar-refractivity contribution >= 4 is 133 Å². The van der Waals surface area contributed by atoms with Crippen molar-refractivity contribution in [2.45, 2.75) is 6.92 Å². The van der Waals surface area contributed by atoms with Crippen LogP contribution in [0.3, 0.4) is 0 Å². The third-order valence-corrected chi connectivity index (χ3v) is 7.87. The van der Waals surface area contributed by atoms with E-state index >= 15 is 0 Å². The summed E-state index contributed by atoms with van der Waals surface area (Å²) in [4.78, 5) is 0. The first-order valence-corrected chi connectivity index (χ1v) is 10.7. The summed E-state index contributed by atoms with van der Waals surface area (Å²) in [5, 5.41) is 0. The lowest BCUT2D eigenvalue weighted by Crippen LogP contribution is -2.55. The molecule has 3 aromatic carbocycles. The van der Waals surface area contributed by atoms with Crippen LogP contribution in [0.2, 0.25) is 0 Å². The van der Waals surface area contributed by atoms with E-state index in [0.717, 1.165) is 0 Å². The van der Waals surface area contributed by atoms with Gasteiger partial charge in [-0.3, -0.25) is 0 Å². The minimum Gasteiger partial charge on any atom is -0.102 e. The van der Waals surface area contributed by atoms with Crippen LogP contribution in [0, 0.1) is 6.92 Å². The topological polar surface area (TPSA) is 0 Å². The van der Waals surface area contributed by atoms with Gasteiger partial charge in [0.15, 0.2) is 0 Å². The first-order chi connectivity index (χ1) is 13.5. The highest BCUT2D eigenvalue weighted by atomic mass is 14.2. The number of hydrogen-bond acceptors (Lipinski definition) is 0. The Bertz CT molecular complexity index is 1020. The average Bonchev–Trinajstić information content (AvgIpc) is 2.70. The van der Waals surface area contributed by atoms with Crippen LogP contribution >= 0.6 is 0 Å². The third-order valence-electron chi connectivity index (χ3n) is 7.87. The second-order valence-electron chi connectivity index (χ2n) is 8.98. The van der Waals surface area contributed by atoms with E-state index in [2.05, 4.69) is 104 Å². The predicted molar refractivity (Wildman–Crippen MR) is 164 cm³/mol. The summed E-state index contributed by atoms with van der Waals surface area (Å²) in [6, 6.07) is 6.85. The Hall–Kier alpha value is -1.69. The summed E-state index contributed by atoms with van der Waals surface area (Å²) >= 11 is 0. The van der Waals surface area contributed by atoms with Gasteiger partial charge in [0.1, 0.15) is 78.5 Å². The van der Waals surface area contributed by atoms with Gasteiger partial charge >= 0.3 is 0 Å². The van der Waals surface area contributed by atoms with Gasteiger partial charge in [0.2, 0.25) is 0 Å². The molecule has 29 heavy (non-hydrogen) atoms. The zero-order valence-electron chi connectivity index (χ0n) is 20.2. The molecule has 0 aliphatic rings. The lowest BCUT2D eigenvalue weighted by molar-refractivity contribution is 1.47. The summed E-state index contributed by atoms with van der Waals surface area (Å²) in [5.74, 6) is 0. The van der Waals surface area contributed by atoms with Crippen molar-refractivity contribution in [3.05, 3.63) is 23.8 Å². The van der Waals surface area contributed by atoms with Gasteiger partial charge in [-0.1, -0.05) is 40.1 Å². The maximum absolute atomic E-state index is 2.31. The molecule has 0 fully saturated rings. The Labute approximate surface area is 185 Å². The van der Waals surface area contributed by atoms with Crippen LogP contribution in [0.25, 0.3) is 22.3 Å². The summed E-state index contributed by atoms with van der Waals surface area (Å²) in [6.07, 6.45) is 0. The van der Waals surface area contributed by atoms with E-state index in [1.165, 1.54) is 82.4 Å². The van der Waals surface area contributed by atoms with E-state index < -0.39 is 0 Å². The molecule has 0 heterocycles. The molecule has 0 saturated heterocycles. The number of benzene rings is 3. The Balaban J connectivity index is 2.40. The fraction of sp³-hybridized carbons (Fsp3) is 0.0526. The molecule has 0 aromatic heterocycles. The van der Waals surface area contributed by atoms with Crippen LogP contribution in [-0.4, -0.2) is 78.5 Å². The highest BCUT2D eigenvalue weighted by Gasteiger charge is 2.19. The fourth-order valence-corrected chi connectivity index (χ4v) is 4.99. The SMILES string of the molecule is Bc1c(B)c(B)c(-c2cccc(-c3c(B)c(B)c(B)c(B)c3B)c2C)c(B)c1B. The van der Waals surface area contributed by atoms with Gasteiger partial charge in [0, 0.05) is 0 Å². The zero-order valence-corrected chi connectivity index (χ0v) is 20.2. The van der Waals surface area contributed by atoms with Crippen LogP contribution in [0.5, 0.6) is 0 Å². The van der Waals surface area contributed by atoms with E-state index in [0.29, 0.717) is 0 Å². The van der Waals surface area contributed by atoms with Crippen molar-refractivity contribution in [1.29, 1.82) is 0 Å². The van der Waals surface area contributed by atoms with Crippen molar-refractivity contribution in [3.63, 3.8) is 0 Å². The molecule has 0 N–H and O–H groups in total. The highest BCUT2D eigenvalue weighted by Crippen LogP contribution is 2.28. The van der Waals surface area contributed by atoms with Gasteiger partial charge in [0.05, 0.1) is 0 Å². The quantitative estimate of drug-likeness (QED) is 0.397. The van der Waals surface area contributed by atoms with E-state index in [-0.39, 0.29) is 0 Å². The lowest BCUT2D eigenvalue weighted by Gasteiger charge is -2.25. The Morgan fingerprint density at radius 2 is 0.655 bits per heavy atom. The summed E-state index contributed by atoms with van der Waals surface area (Å²) in [6.45, 7) is 2.30. The van der Waals surface area contributed by atoms with Crippen LogP contribution < -0.4 is 54.6 Å². The minimum absolute atomic E-state index is 1.37. The van der Waals surface area contributed by atoms with Gasteiger partial charge in [-0.2, -0.15) is 0 Å². The molecule has 0 radical (unpaired) electrons. The predicted octanol–water partition coefficient (Wildman–Crippen LogP) is -12.1. The minimum atomic E-state index is 1.37. The van der Waals surface area contributed by atoms with Gasteiger partial charge in [-0.25, -0.2) is 0 Å². The van der Waals surface area contributed by atoms with Crippen molar-refractivity contribution in [1.82, 2.24) is 0 Å². The zero-order chi connectivity index (χ0) is 21.8. The number of rotatable bonds is 2. The van der Waals surface area contributed by atoms with Crippen LogP contribution in [0.1, 0.15) is 5.56 Å². The Morgan fingerprint density at radius 1 is 0.414 bits per heavy atom. The molecule has 0 aliphatic carbocycles. The monoisotopic (exact) mass is 364 g/mol. The molecule has 10 heteroatoms. The first kappa shape index (κ1) is 22.0. The van der Waals surface area contributed by atoms with Crippen molar-refractivity contribution in [2.24, 2.45) is 0 Å². The molecule has 0 unspecified atom stereocenters. The summed E-state index contributed by atoms with van der Waals surface area (Å²) < 4.78 is 0. The molecular formula is C19H26B10. The van der Waals surface area contributed by atoms with E-state index in [1.807, 2.05) is 0 Å². The summed E-state index contributed by atoms with van der Waals surface area (Å²) in [7, 11) is 22.7. The normalized spacial score (nSPS) is 10.9. The molecule has 0 saturated carbocycles. The molecule has 0 bridgehead atoms.